The first kappa shape index (κ1) is 23.0. The number of hydrogen-bond acceptors (Lipinski definition) is 7. The molecule has 0 radical (unpaired) electrons. The van der Waals surface area contributed by atoms with Gasteiger partial charge in [0, 0.05) is 6.42 Å². The predicted molar refractivity (Wildman–Crippen MR) is 118 cm³/mol. The molecule has 3 aliphatic heterocycles. The van der Waals surface area contributed by atoms with Gasteiger partial charge in [-0.15, -0.1) is 0 Å². The number of ether oxygens (including phenoxy) is 3. The highest BCUT2D eigenvalue weighted by atomic mass is 28.4. The van der Waals surface area contributed by atoms with Crippen molar-refractivity contribution in [3.05, 3.63) is 11.8 Å². The SMILES string of the molecule is CC1C(=O)OC2CC3(C)OC3C(O[Si](C)(C)C(C)(C)C)C(N(C)C)C3C=C(OC3=O)C21. The summed E-state index contributed by atoms with van der Waals surface area (Å²) in [7, 11) is 1.79. The molecule has 31 heavy (non-hydrogen) atoms. The number of carbonyl (C=O) groups excluding carboxylic acids is 2. The van der Waals surface area contributed by atoms with Crippen LogP contribution in [0, 0.1) is 17.8 Å². The van der Waals surface area contributed by atoms with Gasteiger partial charge in [-0.1, -0.05) is 27.7 Å². The van der Waals surface area contributed by atoms with Crippen molar-refractivity contribution in [2.24, 2.45) is 17.8 Å². The van der Waals surface area contributed by atoms with Gasteiger partial charge in [-0.05, 0) is 45.2 Å². The molecule has 1 aliphatic carbocycles. The van der Waals surface area contributed by atoms with E-state index in [4.69, 9.17) is 18.6 Å². The van der Waals surface area contributed by atoms with Crippen LogP contribution in [-0.2, 0) is 28.2 Å². The van der Waals surface area contributed by atoms with Crippen LogP contribution in [0.5, 0.6) is 0 Å². The van der Waals surface area contributed by atoms with Gasteiger partial charge in [0.05, 0.1) is 35.5 Å². The summed E-state index contributed by atoms with van der Waals surface area (Å²) in [6.07, 6.45) is 1.65. The van der Waals surface area contributed by atoms with Gasteiger partial charge in [0.2, 0.25) is 0 Å². The highest BCUT2D eigenvalue weighted by Crippen LogP contribution is 2.53. The second kappa shape index (κ2) is 7.14. The average molecular weight is 452 g/mol. The van der Waals surface area contributed by atoms with Crippen LogP contribution in [0.4, 0.5) is 0 Å². The summed E-state index contributed by atoms with van der Waals surface area (Å²) in [5.74, 6) is -1.04. The van der Waals surface area contributed by atoms with Crippen molar-refractivity contribution in [1.29, 1.82) is 0 Å². The zero-order chi connectivity index (χ0) is 23.1. The van der Waals surface area contributed by atoms with E-state index in [2.05, 4.69) is 45.7 Å². The molecule has 3 heterocycles. The smallest absolute Gasteiger partial charge is 0.319 e. The van der Waals surface area contributed by atoms with E-state index in [-0.39, 0.29) is 53.2 Å². The number of epoxide rings is 1. The number of rotatable bonds is 3. The molecule has 0 aromatic carbocycles. The first-order valence-corrected chi connectivity index (χ1v) is 14.2. The largest absolute Gasteiger partial charge is 0.461 e. The van der Waals surface area contributed by atoms with E-state index in [9.17, 15) is 9.59 Å². The van der Waals surface area contributed by atoms with E-state index in [1.165, 1.54) is 0 Å². The number of fused-ring (bicyclic) bond motifs is 4. The lowest BCUT2D eigenvalue weighted by atomic mass is 9.80. The van der Waals surface area contributed by atoms with Crippen molar-refractivity contribution in [3.8, 4) is 0 Å². The maximum absolute atomic E-state index is 13.1. The third-order valence-corrected chi connectivity index (χ3v) is 12.6. The summed E-state index contributed by atoms with van der Waals surface area (Å²) < 4.78 is 24.8. The third kappa shape index (κ3) is 3.69. The van der Waals surface area contributed by atoms with E-state index in [1.807, 2.05) is 27.1 Å². The van der Waals surface area contributed by atoms with Crippen molar-refractivity contribution >= 4 is 20.3 Å². The van der Waals surface area contributed by atoms with Gasteiger partial charge in [0.15, 0.2) is 8.32 Å². The molecule has 8 atom stereocenters. The number of nitrogens with zero attached hydrogens (tertiary/aromatic N) is 1. The average Bonchev–Trinajstić information content (AvgIpc) is 3.01. The Bertz CT molecular complexity index is 817. The molecule has 4 aliphatic rings. The maximum Gasteiger partial charge on any atom is 0.319 e. The van der Waals surface area contributed by atoms with E-state index in [0.717, 1.165) is 0 Å². The molecule has 0 saturated carbocycles. The molecule has 2 fully saturated rings. The Hall–Kier alpha value is -1.22. The molecule has 2 bridgehead atoms. The molecule has 0 N–H and O–H groups in total. The molecule has 8 heteroatoms. The monoisotopic (exact) mass is 451 g/mol. The Kier molecular flexibility index (Phi) is 5.28. The maximum atomic E-state index is 13.1. The molecular formula is C23H37NO6Si. The molecule has 0 aromatic rings. The summed E-state index contributed by atoms with van der Waals surface area (Å²) in [6, 6.07) is -0.226. The van der Waals surface area contributed by atoms with Crippen LogP contribution in [0.3, 0.4) is 0 Å². The zero-order valence-electron chi connectivity index (χ0n) is 20.2. The van der Waals surface area contributed by atoms with Crippen LogP contribution in [0.2, 0.25) is 18.1 Å². The van der Waals surface area contributed by atoms with E-state index >= 15 is 0 Å². The minimum absolute atomic E-state index is 0.0170. The fourth-order valence-corrected chi connectivity index (χ4v) is 6.46. The molecule has 7 nitrogen and oxygen atoms in total. The molecule has 8 unspecified atom stereocenters. The molecular weight excluding hydrogens is 414 g/mol. The molecule has 174 valence electrons. The lowest BCUT2D eigenvalue weighted by molar-refractivity contribution is -0.144. The Balaban J connectivity index is 1.78. The number of likely N-dealkylation sites (N-methyl/N-ethyl adjacent to an activating group) is 1. The van der Waals surface area contributed by atoms with Gasteiger partial charge in [-0.25, -0.2) is 0 Å². The normalized spacial score (nSPS) is 42.5. The number of hydrogen-bond donors (Lipinski definition) is 0. The lowest BCUT2D eigenvalue weighted by Gasteiger charge is -2.43. The summed E-state index contributed by atoms with van der Waals surface area (Å²) >= 11 is 0. The molecule has 4 rings (SSSR count). The molecule has 0 amide bonds. The van der Waals surface area contributed by atoms with Crippen molar-refractivity contribution in [3.63, 3.8) is 0 Å². The van der Waals surface area contributed by atoms with Gasteiger partial charge in [-0.3, -0.25) is 9.59 Å². The highest BCUT2D eigenvalue weighted by molar-refractivity contribution is 6.74. The second-order valence-electron chi connectivity index (χ2n) is 11.7. The van der Waals surface area contributed by atoms with Gasteiger partial charge >= 0.3 is 11.9 Å². The summed E-state index contributed by atoms with van der Waals surface area (Å²) in [4.78, 5) is 27.5. The fourth-order valence-electron chi connectivity index (χ4n) is 5.16. The van der Waals surface area contributed by atoms with Crippen LogP contribution in [0.1, 0.15) is 41.0 Å². The first-order valence-electron chi connectivity index (χ1n) is 11.3. The molecule has 2 saturated heterocycles. The van der Waals surface area contributed by atoms with Crippen LogP contribution in [-0.4, -0.2) is 69.2 Å². The second-order valence-corrected chi connectivity index (χ2v) is 16.4. The van der Waals surface area contributed by atoms with E-state index < -0.39 is 19.8 Å². The highest BCUT2D eigenvalue weighted by Gasteiger charge is 2.65. The van der Waals surface area contributed by atoms with Crippen LogP contribution in [0.15, 0.2) is 11.8 Å². The third-order valence-electron chi connectivity index (χ3n) is 8.12. The standard InChI is InChI=1S/C23H37NO6Si/c1-12-16-14-10-13(21(26)27-14)17(24(6)7)18(30-31(8,9)22(2,3)4)19-23(5,29-19)11-15(16)28-20(12)25/h10,12-13,15-19H,11H2,1-9H3. The van der Waals surface area contributed by atoms with E-state index in [0.29, 0.717) is 12.2 Å². The van der Waals surface area contributed by atoms with Gasteiger partial charge in [0.1, 0.15) is 18.0 Å². The van der Waals surface area contributed by atoms with Crippen molar-refractivity contribution in [1.82, 2.24) is 4.90 Å². The Morgan fingerprint density at radius 1 is 1.19 bits per heavy atom. The summed E-state index contributed by atoms with van der Waals surface area (Å²) in [5.41, 5.74) is -0.463. The van der Waals surface area contributed by atoms with Crippen molar-refractivity contribution < 1.29 is 28.2 Å². The van der Waals surface area contributed by atoms with Gasteiger partial charge in [-0.2, -0.15) is 0 Å². The number of esters is 2. The van der Waals surface area contributed by atoms with Gasteiger partial charge < -0.3 is 23.5 Å². The fraction of sp³-hybridized carbons (Fsp3) is 0.826. The van der Waals surface area contributed by atoms with Crippen molar-refractivity contribution in [2.45, 2.75) is 89.1 Å². The lowest BCUT2D eigenvalue weighted by Crippen LogP contribution is -2.56. The van der Waals surface area contributed by atoms with Gasteiger partial charge in [0.25, 0.3) is 0 Å². The summed E-state index contributed by atoms with van der Waals surface area (Å²) in [5, 5.41) is 0.0170. The molecule has 0 spiro atoms. The topological polar surface area (TPSA) is 77.6 Å². The Morgan fingerprint density at radius 2 is 1.84 bits per heavy atom. The predicted octanol–water partition coefficient (Wildman–Crippen LogP) is 3.10. The van der Waals surface area contributed by atoms with Crippen LogP contribution in [0.25, 0.3) is 0 Å². The van der Waals surface area contributed by atoms with Crippen LogP contribution < -0.4 is 0 Å². The van der Waals surface area contributed by atoms with Crippen LogP contribution >= 0.6 is 0 Å². The minimum atomic E-state index is -2.16. The Morgan fingerprint density at radius 3 is 2.42 bits per heavy atom. The van der Waals surface area contributed by atoms with E-state index in [1.54, 1.807) is 0 Å². The minimum Gasteiger partial charge on any atom is -0.461 e. The molecule has 0 aromatic heterocycles. The zero-order valence-corrected chi connectivity index (χ0v) is 21.2. The Labute approximate surface area is 186 Å². The summed E-state index contributed by atoms with van der Waals surface area (Å²) in [6.45, 7) is 15.0. The first-order chi connectivity index (χ1) is 14.2. The quantitative estimate of drug-likeness (QED) is 0.371. The number of carbonyl (C=O) groups is 2. The van der Waals surface area contributed by atoms with Crippen molar-refractivity contribution in [2.75, 3.05) is 14.1 Å².